The van der Waals surface area contributed by atoms with E-state index in [4.69, 9.17) is 9.47 Å². The Morgan fingerprint density at radius 3 is 2.71 bits per heavy atom. The second-order valence-electron chi connectivity index (χ2n) is 10.4. The minimum atomic E-state index is -0.772. The second kappa shape index (κ2) is 15.0. The number of benzene rings is 2. The highest BCUT2D eigenvalue weighted by Crippen LogP contribution is 2.31. The van der Waals surface area contributed by atoms with Crippen molar-refractivity contribution in [2.75, 3.05) is 39.9 Å². The molecule has 0 fully saturated rings. The predicted octanol–water partition coefficient (Wildman–Crippen LogP) is 3.04. The third-order valence-corrected chi connectivity index (χ3v) is 6.88. The van der Waals surface area contributed by atoms with Gasteiger partial charge in [0.05, 0.1) is 25.0 Å². The maximum Gasteiger partial charge on any atom is 0.255 e. The molecular formula is C31H40N6O4. The van der Waals surface area contributed by atoms with Crippen LogP contribution in [-0.4, -0.2) is 77.6 Å². The molecule has 0 spiro atoms. The zero-order chi connectivity index (χ0) is 29.0. The number of nitrogens with one attached hydrogen (secondary N) is 2. The highest BCUT2D eigenvalue weighted by molar-refractivity contribution is 6.00. The van der Waals surface area contributed by atoms with E-state index >= 15 is 0 Å². The van der Waals surface area contributed by atoms with Gasteiger partial charge in [0.15, 0.2) is 11.5 Å². The van der Waals surface area contributed by atoms with Gasteiger partial charge < -0.3 is 20.1 Å². The SMILES string of the molecule is COc1cccc2c1OCCCn1cc(nn1)CCN(CC=C(C)C)CCNC(=O)[C@H](Cc1ccccc1)NC2=O. The van der Waals surface area contributed by atoms with Crippen LogP contribution in [0.2, 0.25) is 0 Å². The summed E-state index contributed by atoms with van der Waals surface area (Å²) in [6, 6.07) is 14.1. The van der Waals surface area contributed by atoms with Gasteiger partial charge in [-0.25, -0.2) is 0 Å². The molecule has 0 unspecified atom stereocenters. The summed E-state index contributed by atoms with van der Waals surface area (Å²) in [4.78, 5) is 29.3. The summed E-state index contributed by atoms with van der Waals surface area (Å²) in [7, 11) is 1.54. The molecule has 41 heavy (non-hydrogen) atoms. The molecule has 1 aliphatic heterocycles. The molecule has 0 aliphatic carbocycles. The van der Waals surface area contributed by atoms with Gasteiger partial charge in [-0.3, -0.25) is 19.2 Å². The van der Waals surface area contributed by atoms with Gasteiger partial charge in [0.25, 0.3) is 5.91 Å². The first kappa shape index (κ1) is 29.8. The molecule has 2 amide bonds. The first-order valence-corrected chi connectivity index (χ1v) is 14.1. The molecule has 4 rings (SSSR count). The fourth-order valence-corrected chi connectivity index (χ4v) is 4.60. The molecule has 218 valence electrons. The van der Waals surface area contributed by atoms with Crippen molar-refractivity contribution in [3.05, 3.63) is 83.2 Å². The maximum atomic E-state index is 13.6. The monoisotopic (exact) mass is 560 g/mol. The zero-order valence-corrected chi connectivity index (χ0v) is 24.1. The number of rotatable bonds is 5. The molecular weight excluding hydrogens is 520 g/mol. The molecule has 0 radical (unpaired) electrons. The van der Waals surface area contributed by atoms with Crippen molar-refractivity contribution < 1.29 is 19.1 Å². The van der Waals surface area contributed by atoms with Gasteiger partial charge in [0, 0.05) is 58.2 Å². The number of aromatic nitrogens is 3. The Hall–Kier alpha value is -4.18. The number of hydrogen-bond acceptors (Lipinski definition) is 7. The van der Waals surface area contributed by atoms with Crippen LogP contribution in [0.1, 0.15) is 41.9 Å². The third kappa shape index (κ3) is 8.91. The van der Waals surface area contributed by atoms with Gasteiger partial charge in [0.1, 0.15) is 6.04 Å². The zero-order valence-electron chi connectivity index (χ0n) is 24.1. The van der Waals surface area contributed by atoms with Crippen LogP contribution < -0.4 is 20.1 Å². The summed E-state index contributed by atoms with van der Waals surface area (Å²) >= 11 is 0. The maximum absolute atomic E-state index is 13.6. The molecule has 2 heterocycles. The quantitative estimate of drug-likeness (QED) is 0.462. The van der Waals surface area contributed by atoms with E-state index in [9.17, 15) is 9.59 Å². The van der Waals surface area contributed by atoms with Gasteiger partial charge in [-0.05, 0) is 31.5 Å². The minimum Gasteiger partial charge on any atom is -0.493 e. The van der Waals surface area contributed by atoms with E-state index in [0.717, 1.165) is 30.8 Å². The van der Waals surface area contributed by atoms with E-state index in [1.807, 2.05) is 41.2 Å². The van der Waals surface area contributed by atoms with Crippen molar-refractivity contribution in [3.8, 4) is 11.5 Å². The molecule has 1 atom stereocenters. The van der Waals surface area contributed by atoms with Gasteiger partial charge in [0.2, 0.25) is 5.91 Å². The lowest BCUT2D eigenvalue weighted by Crippen LogP contribution is -2.49. The Bertz CT molecular complexity index is 1320. The molecule has 10 nitrogen and oxygen atoms in total. The number of carbonyl (C=O) groups excluding carboxylic acids is 2. The third-order valence-electron chi connectivity index (χ3n) is 6.88. The van der Waals surface area contributed by atoms with E-state index in [-0.39, 0.29) is 5.91 Å². The number of fused-ring (bicyclic) bond motifs is 3. The second-order valence-corrected chi connectivity index (χ2v) is 10.4. The number of methoxy groups -OCH3 is 1. The van der Waals surface area contributed by atoms with Gasteiger partial charge in [-0.2, -0.15) is 0 Å². The Labute approximate surface area is 241 Å². The summed E-state index contributed by atoms with van der Waals surface area (Å²) in [5, 5.41) is 14.6. The number of amides is 2. The lowest BCUT2D eigenvalue weighted by Gasteiger charge is -2.23. The number of aryl methyl sites for hydroxylation is 1. The number of hydrogen-bond donors (Lipinski definition) is 2. The van der Waals surface area contributed by atoms with Crippen LogP contribution in [0.5, 0.6) is 11.5 Å². The number of nitrogens with zero attached hydrogens (tertiary/aromatic N) is 4. The normalized spacial score (nSPS) is 17.5. The summed E-state index contributed by atoms with van der Waals surface area (Å²) < 4.78 is 13.4. The van der Waals surface area contributed by atoms with Crippen molar-refractivity contribution in [2.24, 2.45) is 0 Å². The molecule has 2 aromatic carbocycles. The average molecular weight is 561 g/mol. The molecule has 3 aromatic rings. The highest BCUT2D eigenvalue weighted by atomic mass is 16.5. The summed E-state index contributed by atoms with van der Waals surface area (Å²) in [6.45, 7) is 7.77. The van der Waals surface area contributed by atoms with E-state index in [0.29, 0.717) is 56.1 Å². The fourth-order valence-electron chi connectivity index (χ4n) is 4.60. The Morgan fingerprint density at radius 1 is 1.10 bits per heavy atom. The highest BCUT2D eigenvalue weighted by Gasteiger charge is 2.25. The Balaban J connectivity index is 1.59. The topological polar surface area (TPSA) is 111 Å². The van der Waals surface area contributed by atoms with Crippen LogP contribution in [0.4, 0.5) is 0 Å². The van der Waals surface area contributed by atoms with Crippen LogP contribution in [-0.2, 0) is 24.2 Å². The molecule has 2 N–H and O–H groups in total. The Kier molecular flexibility index (Phi) is 10.9. The molecule has 1 aromatic heterocycles. The van der Waals surface area contributed by atoms with Crippen molar-refractivity contribution in [1.82, 2.24) is 30.5 Å². The largest absolute Gasteiger partial charge is 0.493 e. The van der Waals surface area contributed by atoms with Crippen LogP contribution in [0.3, 0.4) is 0 Å². The van der Waals surface area contributed by atoms with E-state index < -0.39 is 11.9 Å². The van der Waals surface area contributed by atoms with Gasteiger partial charge in [-0.1, -0.05) is 53.3 Å². The van der Waals surface area contributed by atoms with Crippen molar-refractivity contribution in [3.63, 3.8) is 0 Å². The lowest BCUT2D eigenvalue weighted by atomic mass is 10.0. The van der Waals surface area contributed by atoms with Gasteiger partial charge >= 0.3 is 0 Å². The molecule has 0 saturated carbocycles. The predicted molar refractivity (Wildman–Crippen MR) is 157 cm³/mol. The van der Waals surface area contributed by atoms with Crippen LogP contribution in [0.25, 0.3) is 0 Å². The van der Waals surface area contributed by atoms with Crippen molar-refractivity contribution >= 4 is 11.8 Å². The molecule has 10 heteroatoms. The van der Waals surface area contributed by atoms with Crippen LogP contribution in [0.15, 0.2) is 66.4 Å². The van der Waals surface area contributed by atoms with E-state index in [1.165, 1.54) is 12.7 Å². The van der Waals surface area contributed by atoms with Crippen molar-refractivity contribution in [1.29, 1.82) is 0 Å². The van der Waals surface area contributed by atoms with E-state index in [2.05, 4.69) is 45.8 Å². The molecule has 1 aliphatic rings. The lowest BCUT2D eigenvalue weighted by molar-refractivity contribution is -0.123. The standard InChI is InChI=1S/C31H40N6O4/c1-23(2)13-17-36-18-14-25-22-37(35-34-25)16-8-20-41-29-26(11-7-12-28(29)40-3)30(38)33-27(31(39)32-15-19-36)21-24-9-5-4-6-10-24/h4-7,9-13,22,27H,8,14-21H2,1-3H3,(H,32,39)(H,33,38)/t27-/m0/s1. The van der Waals surface area contributed by atoms with E-state index in [1.54, 1.807) is 18.2 Å². The fraction of sp³-hybridized carbons (Fsp3) is 0.419. The number of allylic oxidation sites excluding steroid dienone is 1. The summed E-state index contributed by atoms with van der Waals surface area (Å²) in [5.74, 6) is 0.153. The van der Waals surface area contributed by atoms with Gasteiger partial charge in [-0.15, -0.1) is 5.10 Å². The Morgan fingerprint density at radius 2 is 1.93 bits per heavy atom. The summed E-state index contributed by atoms with van der Waals surface area (Å²) in [6.07, 6.45) is 5.91. The summed E-state index contributed by atoms with van der Waals surface area (Å²) in [5.41, 5.74) is 3.41. The van der Waals surface area contributed by atoms with Crippen LogP contribution in [0, 0.1) is 0 Å². The smallest absolute Gasteiger partial charge is 0.255 e. The first-order valence-electron chi connectivity index (χ1n) is 14.1. The number of para-hydroxylation sites is 1. The number of ether oxygens (including phenoxy) is 2. The first-order chi connectivity index (χ1) is 19.9. The van der Waals surface area contributed by atoms with Crippen LogP contribution >= 0.6 is 0 Å². The molecule has 0 saturated heterocycles. The van der Waals surface area contributed by atoms with Crippen molar-refractivity contribution in [2.45, 2.75) is 45.7 Å². The molecule has 2 bridgehead atoms. The minimum absolute atomic E-state index is 0.240. The number of carbonyl (C=O) groups is 2. The average Bonchev–Trinajstić information content (AvgIpc) is 3.43.